The Morgan fingerprint density at radius 2 is 2.00 bits per heavy atom. The van der Waals surface area contributed by atoms with E-state index in [4.69, 9.17) is 16.3 Å². The summed E-state index contributed by atoms with van der Waals surface area (Å²) in [6, 6.07) is 7.17. The SMILES string of the molecule is CCOC(=O)c1cc([N+](=O)[O-])sc1NC(=O)c1ccc(Cl)cc1. The van der Waals surface area contributed by atoms with Crippen molar-refractivity contribution in [1.82, 2.24) is 0 Å². The third-order valence-corrected chi connectivity index (χ3v) is 3.98. The standard InChI is InChI=1S/C14H11ClN2O5S/c1-2-22-14(19)10-7-11(17(20)21)23-13(10)16-12(18)8-3-5-9(15)6-4-8/h3-7H,2H2,1H3,(H,16,18). The molecule has 1 heterocycles. The number of ether oxygens (including phenoxy) is 1. The van der Waals surface area contributed by atoms with Gasteiger partial charge in [0.15, 0.2) is 0 Å². The second-order valence-corrected chi connectivity index (χ2v) is 5.73. The zero-order chi connectivity index (χ0) is 17.0. The molecule has 1 N–H and O–H groups in total. The van der Waals surface area contributed by atoms with Crippen LogP contribution in [0.4, 0.5) is 10.0 Å². The normalized spacial score (nSPS) is 10.2. The molecule has 1 amide bonds. The Balaban J connectivity index is 2.30. The predicted octanol–water partition coefficient (Wildman–Crippen LogP) is 3.74. The molecule has 0 saturated carbocycles. The fourth-order valence-corrected chi connectivity index (χ4v) is 2.68. The molecule has 0 aliphatic rings. The largest absolute Gasteiger partial charge is 0.462 e. The number of nitrogens with zero attached hydrogens (tertiary/aromatic N) is 1. The Kier molecular flexibility index (Phi) is 5.30. The Morgan fingerprint density at radius 3 is 2.57 bits per heavy atom. The third-order valence-electron chi connectivity index (χ3n) is 2.73. The van der Waals surface area contributed by atoms with E-state index in [9.17, 15) is 19.7 Å². The van der Waals surface area contributed by atoms with E-state index in [1.807, 2.05) is 0 Å². The summed E-state index contributed by atoms with van der Waals surface area (Å²) >= 11 is 6.44. The first-order valence-corrected chi connectivity index (χ1v) is 7.64. The Bertz CT molecular complexity index is 757. The number of esters is 1. The van der Waals surface area contributed by atoms with Crippen LogP contribution in [-0.2, 0) is 4.74 Å². The molecule has 0 bridgehead atoms. The molecule has 0 saturated heterocycles. The lowest BCUT2D eigenvalue weighted by Gasteiger charge is -2.05. The summed E-state index contributed by atoms with van der Waals surface area (Å²) in [6.07, 6.45) is 0. The first-order valence-electron chi connectivity index (χ1n) is 6.44. The molecule has 0 aliphatic heterocycles. The fourth-order valence-electron chi connectivity index (χ4n) is 1.70. The lowest BCUT2D eigenvalue weighted by atomic mass is 10.2. The second-order valence-electron chi connectivity index (χ2n) is 4.27. The van der Waals surface area contributed by atoms with Gasteiger partial charge in [0.25, 0.3) is 5.91 Å². The van der Waals surface area contributed by atoms with Crippen LogP contribution in [0.15, 0.2) is 30.3 Å². The highest BCUT2D eigenvalue weighted by atomic mass is 35.5. The molecule has 2 aromatic rings. The highest BCUT2D eigenvalue weighted by Gasteiger charge is 2.24. The number of benzene rings is 1. The van der Waals surface area contributed by atoms with Crippen LogP contribution < -0.4 is 5.32 Å². The summed E-state index contributed by atoms with van der Waals surface area (Å²) in [4.78, 5) is 34.3. The quantitative estimate of drug-likeness (QED) is 0.501. The highest BCUT2D eigenvalue weighted by Crippen LogP contribution is 2.34. The number of hydrogen-bond donors (Lipinski definition) is 1. The van der Waals surface area contributed by atoms with Gasteiger partial charge in [0.05, 0.1) is 11.5 Å². The first kappa shape index (κ1) is 16.9. The monoisotopic (exact) mass is 354 g/mol. The van der Waals surface area contributed by atoms with Gasteiger partial charge in [0.2, 0.25) is 0 Å². The van der Waals surface area contributed by atoms with Crippen LogP contribution in [0.5, 0.6) is 0 Å². The molecule has 0 fully saturated rings. The van der Waals surface area contributed by atoms with E-state index in [2.05, 4.69) is 5.32 Å². The number of halogens is 1. The summed E-state index contributed by atoms with van der Waals surface area (Å²) in [7, 11) is 0. The van der Waals surface area contributed by atoms with Crippen molar-refractivity contribution in [1.29, 1.82) is 0 Å². The van der Waals surface area contributed by atoms with E-state index < -0.39 is 16.8 Å². The van der Waals surface area contributed by atoms with E-state index >= 15 is 0 Å². The zero-order valence-corrected chi connectivity index (χ0v) is 13.4. The summed E-state index contributed by atoms with van der Waals surface area (Å²) in [5.74, 6) is -1.24. The molecule has 0 atom stereocenters. The maximum atomic E-state index is 12.2. The zero-order valence-electron chi connectivity index (χ0n) is 11.9. The van der Waals surface area contributed by atoms with Gasteiger partial charge < -0.3 is 10.1 Å². The number of nitro groups is 1. The highest BCUT2D eigenvalue weighted by molar-refractivity contribution is 7.19. The van der Waals surface area contributed by atoms with Crippen molar-refractivity contribution in [2.75, 3.05) is 11.9 Å². The molecule has 2 rings (SSSR count). The van der Waals surface area contributed by atoms with E-state index in [-0.39, 0.29) is 22.2 Å². The van der Waals surface area contributed by atoms with Gasteiger partial charge in [-0.1, -0.05) is 11.6 Å². The molecular weight excluding hydrogens is 344 g/mol. The van der Waals surface area contributed by atoms with Crippen LogP contribution >= 0.6 is 22.9 Å². The second kappa shape index (κ2) is 7.21. The maximum absolute atomic E-state index is 12.2. The molecule has 23 heavy (non-hydrogen) atoms. The molecule has 7 nitrogen and oxygen atoms in total. The summed E-state index contributed by atoms with van der Waals surface area (Å²) in [5.41, 5.74) is 0.256. The number of nitrogens with one attached hydrogen (secondary N) is 1. The molecule has 0 radical (unpaired) electrons. The molecule has 9 heteroatoms. The van der Waals surface area contributed by atoms with Crippen LogP contribution in [0.1, 0.15) is 27.6 Å². The number of anilines is 1. The smallest absolute Gasteiger partial charge is 0.341 e. The molecule has 0 aliphatic carbocycles. The third kappa shape index (κ3) is 4.05. The van der Waals surface area contributed by atoms with Gasteiger partial charge in [-0.2, -0.15) is 0 Å². The van der Waals surface area contributed by atoms with E-state index in [1.54, 1.807) is 19.1 Å². The number of carbonyl (C=O) groups excluding carboxylic acids is 2. The molecule has 0 spiro atoms. The van der Waals surface area contributed by atoms with Gasteiger partial charge in [-0.05, 0) is 42.5 Å². The van der Waals surface area contributed by atoms with Crippen molar-refractivity contribution in [3.63, 3.8) is 0 Å². The minimum absolute atomic E-state index is 0.0501. The Morgan fingerprint density at radius 1 is 1.35 bits per heavy atom. The minimum atomic E-state index is -0.733. The van der Waals surface area contributed by atoms with Gasteiger partial charge >= 0.3 is 11.0 Å². The van der Waals surface area contributed by atoms with Crippen molar-refractivity contribution >= 4 is 44.8 Å². The van der Waals surface area contributed by atoms with Crippen LogP contribution in [0.3, 0.4) is 0 Å². The summed E-state index contributed by atoms with van der Waals surface area (Å²) in [6.45, 7) is 1.73. The summed E-state index contributed by atoms with van der Waals surface area (Å²) in [5, 5.41) is 13.6. The fraction of sp³-hybridized carbons (Fsp3) is 0.143. The van der Waals surface area contributed by atoms with Crippen LogP contribution in [0.2, 0.25) is 5.02 Å². The average molecular weight is 355 g/mol. The summed E-state index contributed by atoms with van der Waals surface area (Å²) < 4.78 is 4.84. The van der Waals surface area contributed by atoms with Gasteiger partial charge in [0.1, 0.15) is 10.6 Å². The molecular formula is C14H11ClN2O5S. The van der Waals surface area contributed by atoms with Crippen LogP contribution in [0.25, 0.3) is 0 Å². The minimum Gasteiger partial charge on any atom is -0.462 e. The van der Waals surface area contributed by atoms with Gasteiger partial charge in [-0.25, -0.2) is 4.79 Å². The first-order chi connectivity index (χ1) is 10.9. The van der Waals surface area contributed by atoms with Crippen molar-refractivity contribution in [2.45, 2.75) is 6.92 Å². The lowest BCUT2D eigenvalue weighted by molar-refractivity contribution is -0.380. The van der Waals surface area contributed by atoms with Gasteiger partial charge in [0, 0.05) is 16.7 Å². The predicted molar refractivity (Wildman–Crippen MR) is 86.3 cm³/mol. The van der Waals surface area contributed by atoms with Crippen molar-refractivity contribution in [3.8, 4) is 0 Å². The topological polar surface area (TPSA) is 98.5 Å². The average Bonchev–Trinajstić information content (AvgIpc) is 2.92. The van der Waals surface area contributed by atoms with Crippen LogP contribution in [-0.4, -0.2) is 23.4 Å². The molecule has 1 aromatic heterocycles. The number of hydrogen-bond acceptors (Lipinski definition) is 6. The molecule has 120 valence electrons. The molecule has 0 unspecified atom stereocenters. The number of carbonyl (C=O) groups is 2. The van der Waals surface area contributed by atoms with Crippen molar-refractivity contribution < 1.29 is 19.2 Å². The Hall–Kier alpha value is -2.45. The van der Waals surface area contributed by atoms with E-state index in [0.29, 0.717) is 21.9 Å². The maximum Gasteiger partial charge on any atom is 0.341 e. The number of amides is 1. The van der Waals surface area contributed by atoms with Crippen LogP contribution in [0, 0.1) is 10.1 Å². The van der Waals surface area contributed by atoms with E-state index in [0.717, 1.165) is 6.07 Å². The van der Waals surface area contributed by atoms with Gasteiger partial charge in [-0.3, -0.25) is 14.9 Å². The Labute approximate surface area is 140 Å². The van der Waals surface area contributed by atoms with Crippen molar-refractivity contribution in [2.24, 2.45) is 0 Å². The van der Waals surface area contributed by atoms with E-state index in [1.165, 1.54) is 12.1 Å². The lowest BCUT2D eigenvalue weighted by Crippen LogP contribution is -2.14. The number of rotatable bonds is 5. The van der Waals surface area contributed by atoms with Crippen molar-refractivity contribution in [3.05, 3.63) is 56.6 Å². The van der Waals surface area contributed by atoms with Gasteiger partial charge in [-0.15, -0.1) is 0 Å². The molecule has 1 aromatic carbocycles. The number of thiophene rings is 1.